The van der Waals surface area contributed by atoms with Crippen molar-refractivity contribution in [3.63, 3.8) is 0 Å². The van der Waals surface area contributed by atoms with Crippen LogP contribution >= 0.6 is 15.6 Å². The number of nitrogens with one attached hydrogen (secondary N) is 1. The average Bonchev–Trinajstić information content (AvgIpc) is 3.27. The van der Waals surface area contributed by atoms with Crippen molar-refractivity contribution in [3.05, 3.63) is 16.7 Å². The Morgan fingerprint density at radius 1 is 1.40 bits per heavy atom. The number of nitrogens with zero attached hydrogens (tertiary/aromatic N) is 3. The Bertz CT molecular complexity index is 1130. The van der Waals surface area contributed by atoms with Gasteiger partial charge in [-0.3, -0.25) is 18.9 Å². The molecule has 16 nitrogen and oxygen atoms in total. The number of aliphatic hydroxyl groups is 1. The Hall–Kier alpha value is -1.71. The number of H-pyrrole nitrogens is 1. The minimum Gasteiger partial charge on any atom is -0.396 e. The van der Waals surface area contributed by atoms with Gasteiger partial charge in [-0.15, -0.1) is 0 Å². The van der Waals surface area contributed by atoms with E-state index in [1.165, 1.54) is 10.9 Å². The molecule has 0 saturated carbocycles. The second-order valence-corrected chi connectivity index (χ2v) is 9.56. The van der Waals surface area contributed by atoms with Gasteiger partial charge < -0.3 is 35.0 Å². The second kappa shape index (κ2) is 7.17. The molecule has 0 spiro atoms. The Morgan fingerprint density at radius 2 is 2.13 bits per heavy atom. The highest BCUT2D eigenvalue weighted by molar-refractivity contribution is 7.60. The number of aromatic amines is 1. The number of rotatable bonds is 7. The molecule has 2 aliphatic heterocycles. The monoisotopic (exact) mass is 469 g/mol. The fourth-order valence-corrected chi connectivity index (χ4v) is 5.26. The van der Waals surface area contributed by atoms with Gasteiger partial charge in [-0.2, -0.15) is 9.29 Å². The van der Waals surface area contributed by atoms with Crippen LogP contribution in [0.1, 0.15) is 6.23 Å². The van der Waals surface area contributed by atoms with Crippen molar-refractivity contribution in [2.24, 2.45) is 5.92 Å². The lowest BCUT2D eigenvalue weighted by atomic mass is 9.90. The highest BCUT2D eigenvalue weighted by Gasteiger charge is 2.62. The molecular formula is C12H17N5O11P2. The molecule has 2 fully saturated rings. The first-order chi connectivity index (χ1) is 13.9. The van der Waals surface area contributed by atoms with Crippen LogP contribution in [0.3, 0.4) is 0 Å². The smallest absolute Gasteiger partial charge is 0.396 e. The molecule has 30 heavy (non-hydrogen) atoms. The molecule has 18 heteroatoms. The van der Waals surface area contributed by atoms with Crippen LogP contribution in [0.5, 0.6) is 0 Å². The van der Waals surface area contributed by atoms with Gasteiger partial charge in [0.25, 0.3) is 5.56 Å². The van der Waals surface area contributed by atoms with E-state index in [4.69, 9.17) is 29.5 Å². The fraction of sp³-hybridized carbons (Fsp3) is 0.583. The van der Waals surface area contributed by atoms with E-state index in [0.29, 0.717) is 0 Å². The highest BCUT2D eigenvalue weighted by atomic mass is 31.3. The van der Waals surface area contributed by atoms with Gasteiger partial charge in [0, 0.05) is 5.92 Å². The zero-order valence-electron chi connectivity index (χ0n) is 14.9. The molecule has 2 aromatic heterocycles. The molecule has 166 valence electrons. The van der Waals surface area contributed by atoms with E-state index >= 15 is 0 Å². The Labute approximate surface area is 166 Å². The summed E-state index contributed by atoms with van der Waals surface area (Å²) in [4.78, 5) is 49.2. The minimum atomic E-state index is -5.30. The molecule has 4 rings (SSSR count). The molecule has 2 saturated heterocycles. The van der Waals surface area contributed by atoms with Crippen LogP contribution in [0.15, 0.2) is 11.1 Å². The van der Waals surface area contributed by atoms with Crippen LogP contribution < -0.4 is 11.3 Å². The van der Waals surface area contributed by atoms with Crippen LogP contribution in [0.2, 0.25) is 0 Å². The van der Waals surface area contributed by atoms with Crippen molar-refractivity contribution < 1.29 is 47.2 Å². The average molecular weight is 469 g/mol. The van der Waals surface area contributed by atoms with Crippen molar-refractivity contribution in [2.75, 3.05) is 25.6 Å². The van der Waals surface area contributed by atoms with Crippen LogP contribution in [0, 0.1) is 5.92 Å². The van der Waals surface area contributed by atoms with Gasteiger partial charge in [-0.05, 0) is 0 Å². The van der Waals surface area contributed by atoms with Gasteiger partial charge in [0.05, 0.1) is 26.1 Å². The molecular weight excluding hydrogens is 452 g/mol. The van der Waals surface area contributed by atoms with E-state index in [-0.39, 0.29) is 23.7 Å². The number of hydrogen-bond donors (Lipinski definition) is 6. The quantitative estimate of drug-likeness (QED) is 0.245. The van der Waals surface area contributed by atoms with Crippen molar-refractivity contribution in [3.8, 4) is 0 Å². The van der Waals surface area contributed by atoms with Crippen molar-refractivity contribution in [1.29, 1.82) is 0 Å². The SMILES string of the molecule is Nc1nc2c(ncn2[C@@H]2O[C@@]3(COP(=O)(O)OP(=O)(O)O)COC2C3CO)c(=O)[nH]1. The number of nitrogen functional groups attached to an aromatic ring is 1. The Morgan fingerprint density at radius 3 is 2.80 bits per heavy atom. The van der Waals surface area contributed by atoms with Gasteiger partial charge in [0.1, 0.15) is 11.7 Å². The number of phosphoric acid groups is 2. The Kier molecular flexibility index (Phi) is 5.14. The summed E-state index contributed by atoms with van der Waals surface area (Å²) in [5.74, 6) is -0.916. The molecule has 3 unspecified atom stereocenters. The van der Waals surface area contributed by atoms with Gasteiger partial charge in [-0.1, -0.05) is 0 Å². The van der Waals surface area contributed by atoms with Gasteiger partial charge in [0.15, 0.2) is 17.4 Å². The Balaban J connectivity index is 1.62. The highest BCUT2D eigenvalue weighted by Crippen LogP contribution is 2.59. The van der Waals surface area contributed by atoms with Crippen LogP contribution in [-0.4, -0.2) is 70.8 Å². The summed E-state index contributed by atoms with van der Waals surface area (Å²) in [6.07, 6.45) is -0.476. The molecule has 0 aromatic carbocycles. The molecule has 0 radical (unpaired) electrons. The van der Waals surface area contributed by atoms with E-state index in [9.17, 15) is 23.9 Å². The molecule has 2 aromatic rings. The van der Waals surface area contributed by atoms with E-state index in [2.05, 4.69) is 19.3 Å². The standard InChI is InChI=1S/C12H17N5O11P2/c13-11-15-8-6(9(19)16-11)14-4-17(8)10-7-5(1-18)12(27-10,2-25-7)3-26-30(23,24)28-29(20,21)22/h4-5,7,10,18H,1-3H2,(H,23,24)(H2,20,21,22)(H3,13,15,16,19)/t5?,7?,10-,12-/m1/s1. The predicted octanol–water partition coefficient (Wildman–Crippen LogP) is -1.80. The maximum Gasteiger partial charge on any atom is 0.481 e. The number of anilines is 1. The van der Waals surface area contributed by atoms with E-state index < -0.39 is 58.3 Å². The minimum absolute atomic E-state index is 0.0173. The first kappa shape index (κ1) is 21.5. The van der Waals surface area contributed by atoms with Gasteiger partial charge in [-0.25, -0.2) is 14.1 Å². The number of hydrogen-bond acceptors (Lipinski definition) is 11. The number of aliphatic hydroxyl groups excluding tert-OH is 1. The number of fused-ring (bicyclic) bond motifs is 3. The van der Waals surface area contributed by atoms with Crippen LogP contribution in [0.25, 0.3) is 11.2 Å². The number of aromatic nitrogens is 4. The molecule has 0 aliphatic carbocycles. The van der Waals surface area contributed by atoms with Crippen molar-refractivity contribution in [1.82, 2.24) is 19.5 Å². The number of ether oxygens (including phenoxy) is 2. The molecule has 5 atom stereocenters. The number of nitrogens with two attached hydrogens (primary N) is 1. The first-order valence-electron chi connectivity index (χ1n) is 8.31. The normalized spacial score (nSPS) is 30.7. The first-order valence-corrected chi connectivity index (χ1v) is 11.3. The predicted molar refractivity (Wildman–Crippen MR) is 94.6 cm³/mol. The zero-order valence-corrected chi connectivity index (χ0v) is 16.7. The van der Waals surface area contributed by atoms with Crippen LogP contribution in [-0.2, 0) is 27.4 Å². The summed E-state index contributed by atoms with van der Waals surface area (Å²) in [5.41, 5.74) is 3.61. The van der Waals surface area contributed by atoms with Crippen molar-refractivity contribution >= 4 is 32.8 Å². The topological polar surface area (TPSA) is 242 Å². The van der Waals surface area contributed by atoms with E-state index in [1.54, 1.807) is 0 Å². The third kappa shape index (κ3) is 3.71. The summed E-state index contributed by atoms with van der Waals surface area (Å²) in [6.45, 7) is -1.32. The third-order valence-corrected chi connectivity index (χ3v) is 6.96. The third-order valence-electron chi connectivity index (χ3n) is 4.83. The zero-order chi connectivity index (χ0) is 21.9. The summed E-state index contributed by atoms with van der Waals surface area (Å²) in [5, 5.41) is 9.83. The summed E-state index contributed by atoms with van der Waals surface area (Å²) < 4.78 is 44.0. The van der Waals surface area contributed by atoms with Gasteiger partial charge >= 0.3 is 15.6 Å². The van der Waals surface area contributed by atoms with E-state index in [0.717, 1.165) is 0 Å². The van der Waals surface area contributed by atoms with Crippen molar-refractivity contribution in [2.45, 2.75) is 17.9 Å². The largest absolute Gasteiger partial charge is 0.481 e. The molecule has 4 heterocycles. The summed E-state index contributed by atoms with van der Waals surface area (Å²) in [7, 11) is -10.5. The molecule has 7 N–H and O–H groups in total. The number of imidazole rings is 1. The number of phosphoric ester groups is 1. The maximum atomic E-state index is 12.0. The van der Waals surface area contributed by atoms with Gasteiger partial charge in [0.2, 0.25) is 5.95 Å². The summed E-state index contributed by atoms with van der Waals surface area (Å²) in [6, 6.07) is 0. The molecule has 0 amide bonds. The lowest BCUT2D eigenvalue weighted by molar-refractivity contribution is -0.182. The molecule has 2 bridgehead atoms. The lowest BCUT2D eigenvalue weighted by Crippen LogP contribution is -2.43. The summed E-state index contributed by atoms with van der Waals surface area (Å²) >= 11 is 0. The molecule has 2 aliphatic rings. The second-order valence-electron chi connectivity index (χ2n) is 6.73. The fourth-order valence-electron chi connectivity index (χ4n) is 3.62. The maximum absolute atomic E-state index is 12.0. The van der Waals surface area contributed by atoms with E-state index in [1.807, 2.05) is 0 Å². The lowest BCUT2D eigenvalue weighted by Gasteiger charge is -2.32. The van der Waals surface area contributed by atoms with Crippen LogP contribution in [0.4, 0.5) is 5.95 Å².